The molecule has 7 nitrogen and oxygen atoms in total. The van der Waals surface area contributed by atoms with Crippen LogP contribution in [0.1, 0.15) is 71.5 Å². The Hall–Kier alpha value is -2.52. The molecule has 2 atom stereocenters. The van der Waals surface area contributed by atoms with E-state index in [1.54, 1.807) is 4.90 Å². The van der Waals surface area contributed by atoms with Crippen LogP contribution in [0.3, 0.4) is 0 Å². The third kappa shape index (κ3) is 4.36. The number of halogens is 2. The minimum atomic E-state index is -1.55. The Bertz CT molecular complexity index is 1280. The van der Waals surface area contributed by atoms with E-state index in [-0.39, 0.29) is 28.2 Å². The number of carbonyl (C=O) groups excluding carboxylic acids is 1. The van der Waals surface area contributed by atoms with Gasteiger partial charge in [0.15, 0.2) is 5.65 Å². The first kappa shape index (κ1) is 22.3. The summed E-state index contributed by atoms with van der Waals surface area (Å²) in [6.07, 6.45) is 6.26. The quantitative estimate of drug-likeness (QED) is 0.559. The van der Waals surface area contributed by atoms with Gasteiger partial charge in [0.05, 0.1) is 23.0 Å². The van der Waals surface area contributed by atoms with Crippen LogP contribution in [0.15, 0.2) is 24.3 Å². The zero-order valence-electron chi connectivity index (χ0n) is 18.5. The van der Waals surface area contributed by atoms with Gasteiger partial charge in [-0.2, -0.15) is 5.10 Å². The van der Waals surface area contributed by atoms with E-state index in [0.717, 1.165) is 48.1 Å². The molecule has 1 amide bonds. The highest BCUT2D eigenvalue weighted by Crippen LogP contribution is 2.40. The van der Waals surface area contributed by atoms with Crippen molar-refractivity contribution in [3.05, 3.63) is 57.8 Å². The van der Waals surface area contributed by atoms with Crippen LogP contribution in [0, 0.1) is 12.7 Å². The van der Waals surface area contributed by atoms with E-state index in [1.165, 1.54) is 25.2 Å². The van der Waals surface area contributed by atoms with Crippen molar-refractivity contribution in [3.8, 4) is 0 Å². The highest BCUT2D eigenvalue weighted by Gasteiger charge is 2.33. The number of nitrogens with zero attached hydrogens (tertiary/aromatic N) is 4. The van der Waals surface area contributed by atoms with E-state index in [9.17, 15) is 13.4 Å². The van der Waals surface area contributed by atoms with Crippen molar-refractivity contribution in [2.24, 2.45) is 0 Å². The van der Waals surface area contributed by atoms with Gasteiger partial charge in [0, 0.05) is 41.2 Å². The number of anilines is 1. The van der Waals surface area contributed by atoms with Gasteiger partial charge < -0.3 is 9.62 Å². The number of fused-ring (bicyclic) bond motifs is 1. The number of benzene rings is 1. The molecule has 1 aliphatic carbocycles. The summed E-state index contributed by atoms with van der Waals surface area (Å²) in [5, 5.41) is 4.89. The van der Waals surface area contributed by atoms with Crippen LogP contribution < -0.4 is 4.72 Å². The Morgan fingerprint density at radius 1 is 1.18 bits per heavy atom. The van der Waals surface area contributed by atoms with Gasteiger partial charge >= 0.3 is 0 Å². The average molecular weight is 490 g/mol. The molecule has 10 heteroatoms. The Morgan fingerprint density at radius 2 is 1.97 bits per heavy atom. The van der Waals surface area contributed by atoms with Crippen molar-refractivity contribution in [1.82, 2.24) is 19.5 Å². The number of aryl methyl sites for hydroxylation is 1. The van der Waals surface area contributed by atoms with Gasteiger partial charge in [-0.1, -0.05) is 11.6 Å². The molecule has 3 aromatic rings. The number of aromatic nitrogens is 3. The molecule has 3 heterocycles. The lowest BCUT2D eigenvalue weighted by Crippen LogP contribution is -2.39. The summed E-state index contributed by atoms with van der Waals surface area (Å²) in [5.41, 5.74) is 3.62. The van der Waals surface area contributed by atoms with Crippen LogP contribution in [0.5, 0.6) is 0 Å². The summed E-state index contributed by atoms with van der Waals surface area (Å²) in [5.74, 6) is -0.545. The van der Waals surface area contributed by atoms with Gasteiger partial charge in [-0.3, -0.25) is 4.79 Å². The van der Waals surface area contributed by atoms with Crippen molar-refractivity contribution in [3.63, 3.8) is 0 Å². The predicted octanol–water partition coefficient (Wildman–Crippen LogP) is 4.78. The summed E-state index contributed by atoms with van der Waals surface area (Å²) in [6.45, 7) is 2.53. The normalized spacial score (nSPS) is 19.6. The Labute approximate surface area is 198 Å². The van der Waals surface area contributed by atoms with Crippen molar-refractivity contribution >= 4 is 39.8 Å². The lowest BCUT2D eigenvalue weighted by molar-refractivity contribution is 0.0606. The molecule has 1 unspecified atom stereocenters. The number of nitrogens with one attached hydrogen (secondary N) is 1. The smallest absolute Gasteiger partial charge is 0.256 e. The van der Waals surface area contributed by atoms with E-state index >= 15 is 0 Å². The molecule has 5 rings (SSSR count). The van der Waals surface area contributed by atoms with Gasteiger partial charge in [0.25, 0.3) is 5.91 Å². The zero-order chi connectivity index (χ0) is 23.3. The van der Waals surface area contributed by atoms with Crippen LogP contribution in [-0.4, -0.2) is 42.4 Å². The standard InChI is InChI=1S/C23H25ClFN5O2S/c1-13-9-18(14-6-7-14)26-21-12-19(27-30(13)21)20-5-3-4-8-29(20)23(31)16-10-15(24)11-17(25)22(16)28-33(2)32/h9-12,14,20,28H,3-8H2,1-2H3/t20-,33?/m0/s1. The Kier molecular flexibility index (Phi) is 5.86. The van der Waals surface area contributed by atoms with Crippen molar-refractivity contribution in [2.45, 2.75) is 51.0 Å². The van der Waals surface area contributed by atoms with Crippen molar-refractivity contribution < 1.29 is 13.4 Å². The van der Waals surface area contributed by atoms with Crippen LogP contribution in [0.25, 0.3) is 5.65 Å². The van der Waals surface area contributed by atoms with E-state index in [2.05, 4.69) is 10.8 Å². The number of piperidine rings is 1. The molecule has 2 aromatic heterocycles. The van der Waals surface area contributed by atoms with Gasteiger partial charge in [-0.05, 0) is 57.2 Å². The van der Waals surface area contributed by atoms with E-state index in [0.29, 0.717) is 12.5 Å². The fraction of sp³-hybridized carbons (Fsp3) is 0.435. The molecule has 2 aliphatic rings. The summed E-state index contributed by atoms with van der Waals surface area (Å²) in [7, 11) is -1.55. The molecule has 0 bridgehead atoms. The molecule has 1 saturated heterocycles. The second-order valence-electron chi connectivity index (χ2n) is 8.81. The summed E-state index contributed by atoms with van der Waals surface area (Å²) in [4.78, 5) is 20.2. The van der Waals surface area contributed by atoms with E-state index in [4.69, 9.17) is 21.7 Å². The minimum absolute atomic E-state index is 0.0659. The van der Waals surface area contributed by atoms with Gasteiger partial charge in [0.2, 0.25) is 0 Å². The van der Waals surface area contributed by atoms with Gasteiger partial charge in [-0.25, -0.2) is 18.1 Å². The minimum Gasteiger partial charge on any atom is -0.330 e. The first-order chi connectivity index (χ1) is 15.8. The number of rotatable bonds is 5. The highest BCUT2D eigenvalue weighted by atomic mass is 35.5. The number of likely N-dealkylation sites (tertiary alicyclic amines) is 1. The van der Waals surface area contributed by atoms with Gasteiger partial charge in [-0.15, -0.1) is 0 Å². The molecule has 174 valence electrons. The fourth-order valence-electron chi connectivity index (χ4n) is 4.55. The largest absolute Gasteiger partial charge is 0.330 e. The zero-order valence-corrected chi connectivity index (χ0v) is 20.0. The summed E-state index contributed by atoms with van der Waals surface area (Å²) >= 11 is 6.07. The lowest BCUT2D eigenvalue weighted by atomic mass is 9.98. The third-order valence-electron chi connectivity index (χ3n) is 6.28. The first-order valence-electron chi connectivity index (χ1n) is 11.1. The fourth-order valence-corrected chi connectivity index (χ4v) is 5.25. The molecule has 1 saturated carbocycles. The summed E-state index contributed by atoms with van der Waals surface area (Å²) in [6, 6.07) is 6.30. The maximum Gasteiger partial charge on any atom is 0.256 e. The molecule has 0 spiro atoms. The molecule has 1 aliphatic heterocycles. The lowest BCUT2D eigenvalue weighted by Gasteiger charge is -2.35. The molecular formula is C23H25ClFN5O2S. The van der Waals surface area contributed by atoms with E-state index < -0.39 is 16.8 Å². The number of amides is 1. The van der Waals surface area contributed by atoms with E-state index in [1.807, 2.05) is 17.5 Å². The van der Waals surface area contributed by atoms with Gasteiger partial charge in [0.1, 0.15) is 16.8 Å². The maximum absolute atomic E-state index is 14.6. The number of hydrogen-bond acceptors (Lipinski definition) is 4. The predicted molar refractivity (Wildman–Crippen MR) is 126 cm³/mol. The van der Waals surface area contributed by atoms with Crippen molar-refractivity contribution in [2.75, 3.05) is 17.5 Å². The van der Waals surface area contributed by atoms with Crippen LogP contribution in [0.2, 0.25) is 5.02 Å². The van der Waals surface area contributed by atoms with Crippen LogP contribution >= 0.6 is 11.6 Å². The third-order valence-corrected chi connectivity index (χ3v) is 6.99. The molecule has 2 fully saturated rings. The molecule has 1 aromatic carbocycles. The first-order valence-corrected chi connectivity index (χ1v) is 13.0. The molecular weight excluding hydrogens is 465 g/mol. The highest BCUT2D eigenvalue weighted by molar-refractivity contribution is 7.85. The monoisotopic (exact) mass is 489 g/mol. The Morgan fingerprint density at radius 3 is 2.70 bits per heavy atom. The number of carbonyl (C=O) groups is 1. The maximum atomic E-state index is 14.6. The molecule has 0 radical (unpaired) electrons. The molecule has 1 N–H and O–H groups in total. The second-order valence-corrected chi connectivity index (χ2v) is 10.4. The second kappa shape index (κ2) is 8.68. The number of hydrogen-bond donors (Lipinski definition) is 1. The molecule has 33 heavy (non-hydrogen) atoms. The van der Waals surface area contributed by atoms with Crippen LogP contribution in [-0.2, 0) is 11.0 Å². The summed E-state index contributed by atoms with van der Waals surface area (Å²) < 4.78 is 30.8. The topological polar surface area (TPSA) is 79.6 Å². The van der Waals surface area contributed by atoms with Crippen LogP contribution in [0.4, 0.5) is 10.1 Å². The van der Waals surface area contributed by atoms with Crippen molar-refractivity contribution in [1.29, 1.82) is 0 Å². The SMILES string of the molecule is Cc1cc(C2CC2)nc2cc([C@@H]3CCCCN3C(=O)c3cc(Cl)cc(F)c3NS(C)=O)nn12. The average Bonchev–Trinajstić information content (AvgIpc) is 3.53. The Balaban J connectivity index is 1.53.